The number of thioether (sulfide) groups is 1. The number of carbonyl (C=O) groups is 1. The highest BCUT2D eigenvalue weighted by Crippen LogP contribution is 2.36. The molecule has 1 saturated heterocycles. The largest absolute Gasteiger partial charge is 0.493 e. The van der Waals surface area contributed by atoms with Crippen molar-refractivity contribution in [3.8, 4) is 11.5 Å². The SMILES string of the molecule is COc1cc(/C=N/N2C(=O)CSC2=S)cc(Br)c1OCc1ccccn1. The first kappa shape index (κ1) is 18.8. The third-order valence-corrected chi connectivity index (χ3v) is 5.32. The zero-order valence-electron chi connectivity index (χ0n) is 13.7. The molecule has 26 heavy (non-hydrogen) atoms. The molecule has 0 saturated carbocycles. The number of thiocarbonyl (C=S) groups is 1. The fraction of sp³-hybridized carbons (Fsp3) is 0.176. The monoisotopic (exact) mass is 451 g/mol. The summed E-state index contributed by atoms with van der Waals surface area (Å²) in [6, 6.07) is 9.24. The quantitative estimate of drug-likeness (QED) is 0.493. The van der Waals surface area contributed by atoms with Gasteiger partial charge in [-0.1, -0.05) is 30.0 Å². The first-order chi connectivity index (χ1) is 12.6. The topological polar surface area (TPSA) is 64.0 Å². The maximum atomic E-state index is 11.7. The van der Waals surface area contributed by atoms with E-state index in [0.29, 0.717) is 32.7 Å². The van der Waals surface area contributed by atoms with Crippen molar-refractivity contribution in [2.45, 2.75) is 6.61 Å². The van der Waals surface area contributed by atoms with E-state index in [0.717, 1.165) is 11.3 Å². The van der Waals surface area contributed by atoms with Crippen LogP contribution in [0.5, 0.6) is 11.5 Å². The van der Waals surface area contributed by atoms with Gasteiger partial charge in [-0.25, -0.2) is 0 Å². The van der Waals surface area contributed by atoms with Gasteiger partial charge in [0.2, 0.25) is 0 Å². The van der Waals surface area contributed by atoms with Gasteiger partial charge in [-0.2, -0.15) is 10.1 Å². The molecule has 6 nitrogen and oxygen atoms in total. The Balaban J connectivity index is 1.78. The molecule has 1 aromatic carbocycles. The van der Waals surface area contributed by atoms with E-state index in [-0.39, 0.29) is 5.91 Å². The number of rotatable bonds is 6. The molecule has 1 fully saturated rings. The van der Waals surface area contributed by atoms with Gasteiger partial charge in [0, 0.05) is 6.20 Å². The number of benzene rings is 1. The average molecular weight is 452 g/mol. The molecule has 134 valence electrons. The van der Waals surface area contributed by atoms with Crippen molar-refractivity contribution in [2.75, 3.05) is 12.9 Å². The lowest BCUT2D eigenvalue weighted by Gasteiger charge is -2.13. The minimum Gasteiger partial charge on any atom is -0.493 e. The van der Waals surface area contributed by atoms with Gasteiger partial charge in [0.1, 0.15) is 6.61 Å². The van der Waals surface area contributed by atoms with Gasteiger partial charge < -0.3 is 9.47 Å². The molecule has 1 aliphatic rings. The maximum Gasteiger partial charge on any atom is 0.259 e. The molecule has 3 rings (SSSR count). The van der Waals surface area contributed by atoms with Gasteiger partial charge in [-0.05, 0) is 45.8 Å². The summed E-state index contributed by atoms with van der Waals surface area (Å²) < 4.78 is 12.4. The van der Waals surface area contributed by atoms with Gasteiger partial charge in [0.15, 0.2) is 15.8 Å². The van der Waals surface area contributed by atoms with Crippen molar-refractivity contribution in [2.24, 2.45) is 5.10 Å². The van der Waals surface area contributed by atoms with Crippen LogP contribution in [0, 0.1) is 0 Å². The van der Waals surface area contributed by atoms with Crippen molar-refractivity contribution in [3.63, 3.8) is 0 Å². The number of aromatic nitrogens is 1. The highest BCUT2D eigenvalue weighted by atomic mass is 79.9. The number of ether oxygens (including phenoxy) is 2. The van der Waals surface area contributed by atoms with E-state index in [4.69, 9.17) is 21.7 Å². The first-order valence-corrected chi connectivity index (χ1v) is 9.71. The van der Waals surface area contributed by atoms with Crippen LogP contribution in [0.1, 0.15) is 11.3 Å². The molecule has 9 heteroatoms. The summed E-state index contributed by atoms with van der Waals surface area (Å²) in [7, 11) is 1.56. The number of hydrogen-bond donors (Lipinski definition) is 0. The van der Waals surface area contributed by atoms with Crippen LogP contribution in [0.15, 0.2) is 46.1 Å². The van der Waals surface area contributed by atoms with Crippen molar-refractivity contribution in [3.05, 3.63) is 52.3 Å². The Kier molecular flexibility index (Phi) is 6.23. The van der Waals surface area contributed by atoms with Gasteiger partial charge in [0.25, 0.3) is 5.91 Å². The summed E-state index contributed by atoms with van der Waals surface area (Å²) in [5.74, 6) is 1.31. The van der Waals surface area contributed by atoms with Crippen molar-refractivity contribution in [1.82, 2.24) is 9.99 Å². The zero-order chi connectivity index (χ0) is 18.5. The summed E-state index contributed by atoms with van der Waals surface area (Å²) in [6.45, 7) is 0.316. The zero-order valence-corrected chi connectivity index (χ0v) is 16.9. The van der Waals surface area contributed by atoms with E-state index in [9.17, 15) is 4.79 Å². The second kappa shape index (κ2) is 8.61. The minimum absolute atomic E-state index is 0.127. The predicted octanol–water partition coefficient (Wildman–Crippen LogP) is 3.63. The predicted molar refractivity (Wildman–Crippen MR) is 109 cm³/mol. The Morgan fingerprint density at radius 2 is 2.31 bits per heavy atom. The smallest absolute Gasteiger partial charge is 0.259 e. The van der Waals surface area contributed by atoms with E-state index < -0.39 is 0 Å². The van der Waals surface area contributed by atoms with Gasteiger partial charge in [-0.15, -0.1) is 0 Å². The average Bonchev–Trinajstić information content (AvgIpc) is 2.97. The lowest BCUT2D eigenvalue weighted by Crippen LogP contribution is -2.22. The highest BCUT2D eigenvalue weighted by molar-refractivity contribution is 9.10. The number of hydrazone groups is 1. The molecule has 1 aliphatic heterocycles. The van der Waals surface area contributed by atoms with Crippen molar-refractivity contribution in [1.29, 1.82) is 0 Å². The van der Waals surface area contributed by atoms with E-state index >= 15 is 0 Å². The number of nitrogens with zero attached hydrogens (tertiary/aromatic N) is 3. The number of pyridine rings is 1. The van der Waals surface area contributed by atoms with E-state index in [1.165, 1.54) is 16.8 Å². The molecule has 0 spiro atoms. The van der Waals surface area contributed by atoms with Crippen LogP contribution >= 0.6 is 39.9 Å². The Hall–Kier alpha value is -1.97. The summed E-state index contributed by atoms with van der Waals surface area (Å²) in [5.41, 5.74) is 1.55. The Morgan fingerprint density at radius 1 is 1.46 bits per heavy atom. The highest BCUT2D eigenvalue weighted by Gasteiger charge is 2.26. The van der Waals surface area contributed by atoms with Gasteiger partial charge in [0.05, 0.1) is 29.2 Å². The first-order valence-electron chi connectivity index (χ1n) is 7.52. The molecule has 0 atom stereocenters. The standard InChI is InChI=1S/C17H14BrN3O3S2/c1-23-14-7-11(8-20-21-15(22)10-26-17(21)25)6-13(18)16(14)24-9-12-4-2-3-5-19-12/h2-8H,9-10H2,1H3/b20-8+. The summed E-state index contributed by atoms with van der Waals surface area (Å²) >= 11 is 9.90. The Labute approximate surface area is 168 Å². The lowest BCUT2D eigenvalue weighted by atomic mass is 10.2. The molecule has 2 aromatic rings. The van der Waals surface area contributed by atoms with Crippen LogP contribution in [0.3, 0.4) is 0 Å². The molecular weight excluding hydrogens is 438 g/mol. The molecule has 0 bridgehead atoms. The molecule has 0 unspecified atom stereocenters. The second-order valence-electron chi connectivity index (χ2n) is 5.15. The molecule has 0 aliphatic carbocycles. The molecule has 0 N–H and O–H groups in total. The van der Waals surface area contributed by atoms with Crippen LogP contribution in [-0.4, -0.2) is 39.3 Å². The number of halogens is 1. The summed E-state index contributed by atoms with van der Waals surface area (Å²) in [6.07, 6.45) is 3.28. The number of hydrogen-bond acceptors (Lipinski definition) is 7. The third kappa shape index (κ3) is 4.40. The third-order valence-electron chi connectivity index (χ3n) is 3.39. The maximum absolute atomic E-state index is 11.7. The van der Waals surface area contributed by atoms with Crippen molar-refractivity contribution < 1.29 is 14.3 Å². The molecule has 2 heterocycles. The lowest BCUT2D eigenvalue weighted by molar-refractivity contribution is -0.123. The fourth-order valence-corrected chi connectivity index (χ4v) is 3.71. The number of carbonyl (C=O) groups excluding carboxylic acids is 1. The molecule has 1 aromatic heterocycles. The molecule has 0 radical (unpaired) electrons. The summed E-state index contributed by atoms with van der Waals surface area (Å²) in [4.78, 5) is 15.9. The van der Waals surface area contributed by atoms with Gasteiger partial charge >= 0.3 is 0 Å². The fourth-order valence-electron chi connectivity index (χ4n) is 2.17. The van der Waals surface area contributed by atoms with E-state index in [2.05, 4.69) is 26.0 Å². The van der Waals surface area contributed by atoms with E-state index in [1.807, 2.05) is 24.3 Å². The number of amides is 1. The molecule has 1 amide bonds. The minimum atomic E-state index is -0.127. The van der Waals surface area contributed by atoms with Crippen molar-refractivity contribution >= 4 is 56.4 Å². The van der Waals surface area contributed by atoms with Gasteiger partial charge in [-0.3, -0.25) is 9.78 Å². The van der Waals surface area contributed by atoms with Crippen LogP contribution in [0.4, 0.5) is 0 Å². The van der Waals surface area contributed by atoms with Crippen LogP contribution in [-0.2, 0) is 11.4 Å². The second-order valence-corrected chi connectivity index (χ2v) is 7.61. The molecular formula is C17H14BrN3O3S2. The van der Waals surface area contributed by atoms with Crippen LogP contribution in [0.2, 0.25) is 0 Å². The van der Waals surface area contributed by atoms with Crippen LogP contribution in [0.25, 0.3) is 0 Å². The summed E-state index contributed by atoms with van der Waals surface area (Å²) in [5, 5.41) is 5.39. The van der Waals surface area contributed by atoms with E-state index in [1.54, 1.807) is 25.6 Å². The normalized spacial score (nSPS) is 14.3. The Morgan fingerprint density at radius 3 is 2.96 bits per heavy atom. The Bertz CT molecular complexity index is 846. The number of methoxy groups -OCH3 is 1. The van der Waals surface area contributed by atoms with Crippen LogP contribution < -0.4 is 9.47 Å².